The molecule has 0 aromatic rings. The van der Waals surface area contributed by atoms with Gasteiger partial charge in [-0.3, -0.25) is 0 Å². The van der Waals surface area contributed by atoms with Crippen molar-refractivity contribution in [1.29, 1.82) is 0 Å². The first kappa shape index (κ1) is 12.0. The van der Waals surface area contributed by atoms with E-state index in [2.05, 4.69) is 33.1 Å². The van der Waals surface area contributed by atoms with Gasteiger partial charge in [0.05, 0.1) is 6.10 Å². The molecule has 1 fully saturated rings. The Morgan fingerprint density at radius 3 is 2.64 bits per heavy atom. The summed E-state index contributed by atoms with van der Waals surface area (Å²) in [5.74, 6) is 1.58. The van der Waals surface area contributed by atoms with Gasteiger partial charge in [0, 0.05) is 5.92 Å². The van der Waals surface area contributed by atoms with Crippen molar-refractivity contribution in [2.75, 3.05) is 0 Å². The first-order chi connectivity index (χ1) is 6.38. The maximum absolute atomic E-state index is 6.17. The highest BCUT2D eigenvalue weighted by Crippen LogP contribution is 2.35. The van der Waals surface area contributed by atoms with Crippen molar-refractivity contribution >= 4 is 8.32 Å². The molecular formula is C12H23OSi. The fourth-order valence-corrected chi connectivity index (χ4v) is 3.18. The van der Waals surface area contributed by atoms with Crippen LogP contribution in [0.1, 0.15) is 32.6 Å². The van der Waals surface area contributed by atoms with Crippen LogP contribution >= 0.6 is 0 Å². The van der Waals surface area contributed by atoms with E-state index in [1.807, 2.05) is 0 Å². The van der Waals surface area contributed by atoms with Gasteiger partial charge in [0.2, 0.25) is 0 Å². The molecular weight excluding hydrogens is 188 g/mol. The van der Waals surface area contributed by atoms with Gasteiger partial charge in [-0.25, -0.2) is 0 Å². The van der Waals surface area contributed by atoms with E-state index in [9.17, 15) is 0 Å². The van der Waals surface area contributed by atoms with Gasteiger partial charge in [-0.2, -0.15) is 0 Å². The Hall–Kier alpha value is -0.0831. The van der Waals surface area contributed by atoms with Gasteiger partial charge in [0.1, 0.15) is 0 Å². The van der Waals surface area contributed by atoms with Crippen LogP contribution in [-0.2, 0) is 4.43 Å². The first-order valence-corrected chi connectivity index (χ1v) is 8.96. The molecule has 1 radical (unpaired) electrons. The standard InChI is InChI=1S/C12H23OSi/c1-10(2)9-11-7-6-8-12(11)13-14(3,4)5/h12H,1,6-9H2,2-5H3. The van der Waals surface area contributed by atoms with Crippen LogP contribution < -0.4 is 0 Å². The zero-order chi connectivity index (χ0) is 10.8. The van der Waals surface area contributed by atoms with Gasteiger partial charge < -0.3 is 4.43 Å². The van der Waals surface area contributed by atoms with Gasteiger partial charge in [-0.15, -0.1) is 6.58 Å². The lowest BCUT2D eigenvalue weighted by Gasteiger charge is -2.27. The summed E-state index contributed by atoms with van der Waals surface area (Å²) in [6, 6.07) is 0. The SMILES string of the molecule is C=C(C)C[C]1CCCC1O[Si](C)(C)C. The molecule has 1 unspecified atom stereocenters. The number of allylic oxidation sites excluding steroid dienone is 1. The van der Waals surface area contributed by atoms with Crippen LogP contribution in [0.5, 0.6) is 0 Å². The quantitative estimate of drug-likeness (QED) is 0.506. The van der Waals surface area contributed by atoms with Crippen molar-refractivity contribution in [2.24, 2.45) is 0 Å². The maximum Gasteiger partial charge on any atom is 0.184 e. The monoisotopic (exact) mass is 211 g/mol. The Labute approximate surface area is 89.7 Å². The molecule has 1 saturated carbocycles. The van der Waals surface area contributed by atoms with Crippen molar-refractivity contribution in [1.82, 2.24) is 0 Å². The molecule has 14 heavy (non-hydrogen) atoms. The molecule has 0 amide bonds. The molecule has 0 aliphatic heterocycles. The van der Waals surface area contributed by atoms with Crippen LogP contribution in [0.25, 0.3) is 0 Å². The topological polar surface area (TPSA) is 9.23 Å². The summed E-state index contributed by atoms with van der Waals surface area (Å²) >= 11 is 0. The molecule has 0 spiro atoms. The van der Waals surface area contributed by atoms with Crippen LogP contribution in [-0.4, -0.2) is 14.4 Å². The lowest BCUT2D eigenvalue weighted by Crippen LogP contribution is -2.33. The van der Waals surface area contributed by atoms with E-state index in [1.165, 1.54) is 24.8 Å². The van der Waals surface area contributed by atoms with Gasteiger partial charge in [-0.1, -0.05) is 12.0 Å². The third-order valence-corrected chi connectivity index (χ3v) is 3.44. The van der Waals surface area contributed by atoms with Crippen molar-refractivity contribution in [3.63, 3.8) is 0 Å². The fraction of sp³-hybridized carbons (Fsp3) is 0.750. The van der Waals surface area contributed by atoms with Crippen LogP contribution in [0.3, 0.4) is 0 Å². The van der Waals surface area contributed by atoms with Gasteiger partial charge in [-0.05, 0) is 45.8 Å². The summed E-state index contributed by atoms with van der Waals surface area (Å²) in [7, 11) is -1.37. The maximum atomic E-state index is 6.17. The number of hydrogen-bond acceptors (Lipinski definition) is 1. The third kappa shape index (κ3) is 3.97. The molecule has 0 heterocycles. The Kier molecular flexibility index (Phi) is 3.96. The van der Waals surface area contributed by atoms with Gasteiger partial charge >= 0.3 is 0 Å². The van der Waals surface area contributed by atoms with E-state index < -0.39 is 8.32 Å². The largest absolute Gasteiger partial charge is 0.414 e. The molecule has 1 rings (SSSR count). The summed E-state index contributed by atoms with van der Waals surface area (Å²) < 4.78 is 6.17. The number of hydrogen-bond donors (Lipinski definition) is 0. The zero-order valence-electron chi connectivity index (χ0n) is 10.0. The fourth-order valence-electron chi connectivity index (χ4n) is 2.04. The van der Waals surface area contributed by atoms with Crippen molar-refractivity contribution in [2.45, 2.75) is 58.4 Å². The zero-order valence-corrected chi connectivity index (χ0v) is 11.0. The molecule has 0 bridgehead atoms. The Morgan fingerprint density at radius 1 is 1.50 bits per heavy atom. The molecule has 81 valence electrons. The van der Waals surface area contributed by atoms with E-state index in [0.29, 0.717) is 6.10 Å². The molecule has 1 aliphatic carbocycles. The highest BCUT2D eigenvalue weighted by atomic mass is 28.4. The van der Waals surface area contributed by atoms with E-state index in [-0.39, 0.29) is 0 Å². The van der Waals surface area contributed by atoms with Crippen LogP contribution in [0, 0.1) is 5.92 Å². The minimum atomic E-state index is -1.37. The Bertz CT molecular complexity index is 205. The van der Waals surface area contributed by atoms with Crippen LogP contribution in [0.15, 0.2) is 12.2 Å². The Morgan fingerprint density at radius 2 is 2.14 bits per heavy atom. The first-order valence-electron chi connectivity index (χ1n) is 5.55. The summed E-state index contributed by atoms with van der Waals surface area (Å²) in [4.78, 5) is 0. The normalized spacial score (nSPS) is 24.1. The molecule has 2 heteroatoms. The highest BCUT2D eigenvalue weighted by Gasteiger charge is 2.32. The molecule has 0 N–H and O–H groups in total. The molecule has 0 aromatic carbocycles. The molecule has 1 atom stereocenters. The minimum Gasteiger partial charge on any atom is -0.414 e. The molecule has 1 nitrogen and oxygen atoms in total. The smallest absolute Gasteiger partial charge is 0.184 e. The predicted octanol–water partition coefficient (Wildman–Crippen LogP) is 3.93. The van der Waals surface area contributed by atoms with Gasteiger partial charge in [0.25, 0.3) is 0 Å². The molecule has 0 aromatic heterocycles. The predicted molar refractivity (Wildman–Crippen MR) is 64.7 cm³/mol. The summed E-state index contributed by atoms with van der Waals surface area (Å²) in [5, 5.41) is 0. The lowest BCUT2D eigenvalue weighted by molar-refractivity contribution is 0.214. The van der Waals surface area contributed by atoms with Crippen LogP contribution in [0.2, 0.25) is 19.6 Å². The lowest BCUT2D eigenvalue weighted by atomic mass is 9.98. The second kappa shape index (κ2) is 4.62. The van der Waals surface area contributed by atoms with Crippen molar-refractivity contribution in [3.05, 3.63) is 18.1 Å². The molecule has 1 aliphatic rings. The highest BCUT2D eigenvalue weighted by molar-refractivity contribution is 6.69. The summed E-state index contributed by atoms with van der Waals surface area (Å²) in [5.41, 5.74) is 1.27. The molecule has 0 saturated heterocycles. The second-order valence-corrected chi connectivity index (χ2v) is 9.86. The summed E-state index contributed by atoms with van der Waals surface area (Å²) in [6.07, 6.45) is 5.31. The third-order valence-electron chi connectivity index (χ3n) is 2.44. The average Bonchev–Trinajstić information content (AvgIpc) is 2.32. The van der Waals surface area contributed by atoms with E-state index in [4.69, 9.17) is 4.43 Å². The minimum absolute atomic E-state index is 0.443. The van der Waals surface area contributed by atoms with Gasteiger partial charge in [0.15, 0.2) is 8.32 Å². The van der Waals surface area contributed by atoms with Crippen molar-refractivity contribution in [3.8, 4) is 0 Å². The van der Waals surface area contributed by atoms with Crippen LogP contribution in [0.4, 0.5) is 0 Å². The van der Waals surface area contributed by atoms with Crippen molar-refractivity contribution < 1.29 is 4.43 Å². The van der Waals surface area contributed by atoms with E-state index in [1.54, 1.807) is 5.92 Å². The number of rotatable bonds is 4. The second-order valence-electron chi connectivity index (χ2n) is 5.40. The van der Waals surface area contributed by atoms with E-state index >= 15 is 0 Å². The average molecular weight is 211 g/mol. The summed E-state index contributed by atoms with van der Waals surface area (Å²) in [6.45, 7) is 12.9. The van der Waals surface area contributed by atoms with E-state index in [0.717, 1.165) is 6.42 Å². The Balaban J connectivity index is 2.47.